The molecule has 4 aromatic rings. The molecule has 2 N–H and O–H groups in total. The van der Waals surface area contributed by atoms with E-state index in [0.29, 0.717) is 12.5 Å². The average molecular weight is 396 g/mol. The number of nitrogens with one attached hydrogen (secondary N) is 2. The van der Waals surface area contributed by atoms with E-state index in [4.69, 9.17) is 4.74 Å². The molecule has 1 aliphatic heterocycles. The summed E-state index contributed by atoms with van der Waals surface area (Å²) in [5.41, 5.74) is 7.79. The average Bonchev–Trinajstić information content (AvgIpc) is 3.54. The quantitative estimate of drug-likeness (QED) is 0.465. The van der Waals surface area contributed by atoms with Gasteiger partial charge in [-0.05, 0) is 41.7 Å². The van der Waals surface area contributed by atoms with Crippen LogP contribution in [0.3, 0.4) is 0 Å². The zero-order chi connectivity index (χ0) is 19.9. The van der Waals surface area contributed by atoms with Gasteiger partial charge in [-0.2, -0.15) is 0 Å². The summed E-state index contributed by atoms with van der Waals surface area (Å²) in [6, 6.07) is 15.1. The minimum atomic E-state index is 0.604. The second-order valence-electron chi connectivity index (χ2n) is 8.28. The number of ether oxygens (including phenoxy) is 1. The van der Waals surface area contributed by atoms with E-state index in [1.165, 1.54) is 36.8 Å². The molecule has 0 radical (unpaired) electrons. The number of aromatic nitrogens is 4. The zero-order valence-corrected chi connectivity index (χ0v) is 16.8. The number of aromatic amines is 2. The highest BCUT2D eigenvalue weighted by molar-refractivity contribution is 5.77. The van der Waals surface area contributed by atoms with Gasteiger partial charge in [-0.25, -0.2) is 9.97 Å². The van der Waals surface area contributed by atoms with Crippen LogP contribution in [0.15, 0.2) is 55.0 Å². The second-order valence-corrected chi connectivity index (χ2v) is 8.28. The molecule has 2 aromatic heterocycles. The van der Waals surface area contributed by atoms with Gasteiger partial charge in [0.15, 0.2) is 0 Å². The van der Waals surface area contributed by atoms with Crippen LogP contribution in [-0.2, 0) is 6.42 Å². The van der Waals surface area contributed by atoms with Crippen molar-refractivity contribution in [2.24, 2.45) is 0 Å². The Kier molecular flexibility index (Phi) is 4.18. The van der Waals surface area contributed by atoms with E-state index < -0.39 is 0 Å². The van der Waals surface area contributed by atoms with Gasteiger partial charge in [-0.3, -0.25) is 0 Å². The normalized spacial score (nSPS) is 16.0. The zero-order valence-electron chi connectivity index (χ0n) is 16.8. The van der Waals surface area contributed by atoms with Gasteiger partial charge in [0.05, 0.1) is 30.5 Å². The number of fused-ring (bicyclic) bond motifs is 3. The molecule has 0 saturated heterocycles. The highest BCUT2D eigenvalue weighted by Crippen LogP contribution is 2.37. The number of imidazole rings is 2. The minimum Gasteiger partial charge on any atom is -0.492 e. The molecule has 30 heavy (non-hydrogen) atoms. The lowest BCUT2D eigenvalue weighted by atomic mass is 10.00. The summed E-state index contributed by atoms with van der Waals surface area (Å²) in [6.07, 6.45) is 9.74. The Morgan fingerprint density at radius 1 is 0.900 bits per heavy atom. The highest BCUT2D eigenvalue weighted by Gasteiger charge is 2.20. The van der Waals surface area contributed by atoms with Crippen LogP contribution < -0.4 is 4.74 Å². The molecule has 0 spiro atoms. The van der Waals surface area contributed by atoms with Gasteiger partial charge >= 0.3 is 0 Å². The largest absolute Gasteiger partial charge is 0.492 e. The molecule has 150 valence electrons. The van der Waals surface area contributed by atoms with Crippen LogP contribution in [0.5, 0.6) is 5.75 Å². The van der Waals surface area contributed by atoms with Crippen molar-refractivity contribution in [3.05, 3.63) is 66.5 Å². The van der Waals surface area contributed by atoms with E-state index in [1.54, 1.807) is 6.33 Å². The summed E-state index contributed by atoms with van der Waals surface area (Å²) in [6.45, 7) is 0.660. The predicted octanol–water partition coefficient (Wildman–Crippen LogP) is 5.73. The number of nitrogens with zero attached hydrogens (tertiary/aromatic N) is 2. The highest BCUT2D eigenvalue weighted by atomic mass is 16.5. The molecule has 0 amide bonds. The van der Waals surface area contributed by atoms with Gasteiger partial charge in [0.25, 0.3) is 0 Å². The van der Waals surface area contributed by atoms with Crippen LogP contribution in [0.25, 0.3) is 33.6 Å². The van der Waals surface area contributed by atoms with Crippen LogP contribution in [0.2, 0.25) is 0 Å². The van der Waals surface area contributed by atoms with Gasteiger partial charge in [0, 0.05) is 23.6 Å². The number of benzene rings is 2. The van der Waals surface area contributed by atoms with Crippen molar-refractivity contribution in [1.82, 2.24) is 19.9 Å². The van der Waals surface area contributed by atoms with Crippen molar-refractivity contribution in [3.63, 3.8) is 0 Å². The van der Waals surface area contributed by atoms with Crippen molar-refractivity contribution in [2.75, 3.05) is 6.61 Å². The third kappa shape index (κ3) is 3.02. The monoisotopic (exact) mass is 396 g/mol. The Labute approximate surface area is 175 Å². The van der Waals surface area contributed by atoms with Crippen molar-refractivity contribution < 1.29 is 4.74 Å². The third-order valence-electron chi connectivity index (χ3n) is 6.43. The molecule has 0 atom stereocenters. The Balaban J connectivity index is 1.28. The fourth-order valence-corrected chi connectivity index (χ4v) is 4.76. The van der Waals surface area contributed by atoms with E-state index in [0.717, 1.165) is 46.2 Å². The van der Waals surface area contributed by atoms with E-state index >= 15 is 0 Å². The molecule has 0 bridgehead atoms. The minimum absolute atomic E-state index is 0.604. The maximum absolute atomic E-state index is 6.02. The molecule has 1 fully saturated rings. The Morgan fingerprint density at radius 2 is 1.70 bits per heavy atom. The Bertz CT molecular complexity index is 1180. The van der Waals surface area contributed by atoms with Crippen molar-refractivity contribution in [3.8, 4) is 39.4 Å². The molecule has 3 heterocycles. The Hall–Kier alpha value is -3.34. The fraction of sp³-hybridized carbons (Fsp3) is 0.280. The molecule has 5 nitrogen and oxygen atoms in total. The van der Waals surface area contributed by atoms with Crippen LogP contribution in [-0.4, -0.2) is 26.5 Å². The molecule has 2 aromatic carbocycles. The summed E-state index contributed by atoms with van der Waals surface area (Å²) in [4.78, 5) is 15.9. The second kappa shape index (κ2) is 7.17. The van der Waals surface area contributed by atoms with Crippen LogP contribution in [0.1, 0.15) is 43.1 Å². The summed E-state index contributed by atoms with van der Waals surface area (Å²) in [5.74, 6) is 2.65. The molecule has 1 saturated carbocycles. The van der Waals surface area contributed by atoms with Crippen molar-refractivity contribution in [1.29, 1.82) is 0 Å². The van der Waals surface area contributed by atoms with E-state index in [-0.39, 0.29) is 0 Å². The number of H-pyrrole nitrogens is 2. The molecular formula is C25H24N4O. The van der Waals surface area contributed by atoms with E-state index in [1.807, 2.05) is 6.20 Å². The van der Waals surface area contributed by atoms with Crippen LogP contribution in [0.4, 0.5) is 0 Å². The first-order valence-electron chi connectivity index (χ1n) is 10.8. The maximum Gasteiger partial charge on any atom is 0.129 e. The van der Waals surface area contributed by atoms with Gasteiger partial charge in [0.2, 0.25) is 0 Å². The van der Waals surface area contributed by atoms with E-state index in [2.05, 4.69) is 62.4 Å². The van der Waals surface area contributed by atoms with Crippen molar-refractivity contribution in [2.45, 2.75) is 38.0 Å². The van der Waals surface area contributed by atoms with Crippen LogP contribution >= 0.6 is 0 Å². The maximum atomic E-state index is 6.02. The molecule has 0 unspecified atom stereocenters. The summed E-state index contributed by atoms with van der Waals surface area (Å²) >= 11 is 0. The molecule has 1 aliphatic carbocycles. The molecule has 6 rings (SSSR count). The summed E-state index contributed by atoms with van der Waals surface area (Å²) < 4.78 is 6.02. The van der Waals surface area contributed by atoms with E-state index in [9.17, 15) is 0 Å². The fourth-order valence-electron chi connectivity index (χ4n) is 4.76. The first-order valence-corrected chi connectivity index (χ1v) is 10.8. The SMILES string of the molecule is c1nc2c([nH]1)CCOc1cc(-c3ccc(-c4cnc(C5CCCC5)[nH]4)cc3)ccc1-2. The van der Waals surface area contributed by atoms with Gasteiger partial charge in [0.1, 0.15) is 11.6 Å². The Morgan fingerprint density at radius 3 is 2.57 bits per heavy atom. The number of hydrogen-bond acceptors (Lipinski definition) is 3. The van der Waals surface area contributed by atoms with Gasteiger partial charge in [-0.1, -0.05) is 43.2 Å². The summed E-state index contributed by atoms with van der Waals surface area (Å²) in [7, 11) is 0. The molecule has 5 heteroatoms. The van der Waals surface area contributed by atoms with Gasteiger partial charge < -0.3 is 14.7 Å². The predicted molar refractivity (Wildman–Crippen MR) is 117 cm³/mol. The molecule has 2 aliphatic rings. The topological polar surface area (TPSA) is 66.6 Å². The van der Waals surface area contributed by atoms with Gasteiger partial charge in [-0.15, -0.1) is 0 Å². The number of rotatable bonds is 3. The summed E-state index contributed by atoms with van der Waals surface area (Å²) in [5, 5.41) is 0. The third-order valence-corrected chi connectivity index (χ3v) is 6.43. The lowest BCUT2D eigenvalue weighted by Gasteiger charge is -2.10. The first kappa shape index (κ1) is 17.5. The standard InChI is InChI=1S/C25H24N4O/c1-2-4-18(3-1)25-26-14-22(29-25)17-7-5-16(6-8-17)19-9-10-20-23(13-19)30-12-11-21-24(20)28-15-27-21/h5-10,13-15,18H,1-4,11-12H2,(H,26,29)(H,27,28). The lowest BCUT2D eigenvalue weighted by molar-refractivity contribution is 0.325. The first-order chi connectivity index (χ1) is 14.8. The smallest absolute Gasteiger partial charge is 0.129 e. The lowest BCUT2D eigenvalue weighted by Crippen LogP contribution is -1.99. The van der Waals surface area contributed by atoms with Crippen LogP contribution in [0, 0.1) is 0 Å². The number of hydrogen-bond donors (Lipinski definition) is 2. The van der Waals surface area contributed by atoms with Crippen molar-refractivity contribution >= 4 is 0 Å². The molecular weight excluding hydrogens is 372 g/mol.